The number of phenolic OH excluding ortho intramolecular Hbond substituents is 1. The van der Waals surface area contributed by atoms with Crippen LogP contribution in [-0.4, -0.2) is 112 Å². The van der Waals surface area contributed by atoms with Crippen LogP contribution in [0.3, 0.4) is 0 Å². The van der Waals surface area contributed by atoms with Gasteiger partial charge in [0.2, 0.25) is 0 Å². The van der Waals surface area contributed by atoms with E-state index in [0.29, 0.717) is 6.07 Å². The Bertz CT molecular complexity index is 3030. The number of benzene rings is 4. The van der Waals surface area contributed by atoms with E-state index in [9.17, 15) is 64.7 Å². The fraction of sp³-hybridized carbons (Fsp3) is 0.214. The molecule has 0 radical (unpaired) electrons. The zero-order valence-corrected chi connectivity index (χ0v) is 34.3. The Kier molecular flexibility index (Phi) is 14.2. The van der Waals surface area contributed by atoms with Crippen LogP contribution in [0.2, 0.25) is 0 Å². The van der Waals surface area contributed by atoms with Gasteiger partial charge < -0.3 is 15.2 Å². The van der Waals surface area contributed by atoms with Gasteiger partial charge in [-0.15, -0.1) is 20.5 Å². The number of phenols is 1. The molecule has 59 heavy (non-hydrogen) atoms. The maximum Gasteiger partial charge on any atom is 0.397 e. The van der Waals surface area contributed by atoms with Crippen LogP contribution in [0.1, 0.15) is 0 Å². The zero-order chi connectivity index (χ0) is 44.2. The van der Waals surface area contributed by atoms with Gasteiger partial charge in [0, 0.05) is 10.8 Å². The van der Waals surface area contributed by atoms with Crippen molar-refractivity contribution in [3.8, 4) is 11.5 Å². The molecule has 0 spiro atoms. The summed E-state index contributed by atoms with van der Waals surface area (Å²) in [4.78, 5) is -2.25. The van der Waals surface area contributed by atoms with Gasteiger partial charge in [-0.25, -0.2) is 25.2 Å². The van der Waals surface area contributed by atoms with Crippen molar-refractivity contribution in [2.24, 2.45) is 20.5 Å². The minimum Gasteiger partial charge on any atom is -0.505 e. The number of ether oxygens (including phenoxy) is 1. The monoisotopic (exact) mass is 947 g/mol. The van der Waals surface area contributed by atoms with Crippen molar-refractivity contribution < 1.29 is 86.9 Å². The van der Waals surface area contributed by atoms with Gasteiger partial charge in [-0.1, -0.05) is 12.1 Å². The first-order chi connectivity index (χ1) is 27.1. The second kappa shape index (κ2) is 17.8. The molecule has 4 aromatic rings. The SMILES string of the molecule is COc1ccc(S(=O)(=O)CCOS(=O)(=O)O)cc1/N=N/c1c(S(=O)(=O)O)cc2c(/N=N/c3ccccc3S(=O)(=O)CCOS(=O)(=O)O)c(NCS(=O)(=O)O)ccc2c1O. The summed E-state index contributed by atoms with van der Waals surface area (Å²) in [6.45, 7) is -1.99. The molecule has 0 saturated heterocycles. The minimum atomic E-state index is -5.40. The minimum absolute atomic E-state index is 0.166. The number of methoxy groups -OCH3 is 1. The number of anilines is 1. The van der Waals surface area contributed by atoms with Gasteiger partial charge >= 0.3 is 20.8 Å². The zero-order valence-electron chi connectivity index (χ0n) is 29.4. The maximum atomic E-state index is 13.0. The van der Waals surface area contributed by atoms with E-state index in [4.69, 9.17) is 13.8 Å². The Morgan fingerprint density at radius 2 is 1.19 bits per heavy atom. The van der Waals surface area contributed by atoms with Crippen LogP contribution in [0, 0.1) is 0 Å². The largest absolute Gasteiger partial charge is 0.505 e. The van der Waals surface area contributed by atoms with E-state index >= 15 is 0 Å². The van der Waals surface area contributed by atoms with Gasteiger partial charge in [-0.2, -0.15) is 33.7 Å². The molecule has 0 aliphatic carbocycles. The average Bonchev–Trinajstić information content (AvgIpc) is 3.10. The van der Waals surface area contributed by atoms with E-state index in [0.717, 1.165) is 49.6 Å². The number of nitrogens with zero attached hydrogens (tertiary/aromatic N) is 4. The highest BCUT2D eigenvalue weighted by Gasteiger charge is 2.26. The van der Waals surface area contributed by atoms with Gasteiger partial charge in [0.15, 0.2) is 25.4 Å². The maximum absolute atomic E-state index is 13.0. The van der Waals surface area contributed by atoms with E-state index in [1.165, 1.54) is 12.1 Å². The summed E-state index contributed by atoms with van der Waals surface area (Å²) in [7, 11) is -27.8. The molecule has 4 aromatic carbocycles. The Morgan fingerprint density at radius 1 is 0.610 bits per heavy atom. The Balaban J connectivity index is 1.91. The lowest BCUT2D eigenvalue weighted by Crippen LogP contribution is -2.15. The van der Waals surface area contributed by atoms with Crippen molar-refractivity contribution in [3.05, 3.63) is 60.7 Å². The van der Waals surface area contributed by atoms with Crippen LogP contribution in [0.25, 0.3) is 10.8 Å². The number of hydrogen-bond acceptors (Lipinski definition) is 21. The lowest BCUT2D eigenvalue weighted by atomic mass is 10.1. The summed E-state index contributed by atoms with van der Waals surface area (Å²) >= 11 is 0. The Labute approximate surface area is 335 Å². The molecule has 0 fully saturated rings. The fourth-order valence-corrected chi connectivity index (χ4v) is 8.92. The molecule has 0 bridgehead atoms. The summed E-state index contributed by atoms with van der Waals surface area (Å²) in [5.74, 6) is -4.32. The molecular weight excluding hydrogens is 919 g/mol. The topological polar surface area (TPSA) is 395 Å². The molecule has 322 valence electrons. The molecule has 4 rings (SSSR count). The molecule has 0 aliphatic rings. The molecule has 0 amide bonds. The Morgan fingerprint density at radius 3 is 1.76 bits per heavy atom. The van der Waals surface area contributed by atoms with Gasteiger partial charge in [0.1, 0.15) is 39.3 Å². The van der Waals surface area contributed by atoms with E-state index in [-0.39, 0.29) is 16.8 Å². The van der Waals surface area contributed by atoms with Gasteiger partial charge in [0.05, 0.1) is 47.3 Å². The first-order valence-corrected chi connectivity index (χ1v) is 24.5. The summed E-state index contributed by atoms with van der Waals surface area (Å²) < 4.78 is 194. The molecule has 0 heterocycles. The summed E-state index contributed by atoms with van der Waals surface area (Å²) in [6, 6.07) is 10.5. The second-order valence-electron chi connectivity index (χ2n) is 11.3. The van der Waals surface area contributed by atoms with Crippen LogP contribution < -0.4 is 10.1 Å². The predicted octanol–water partition coefficient (Wildman–Crippen LogP) is 3.07. The smallest absolute Gasteiger partial charge is 0.397 e. The number of fused-ring (bicyclic) bond motifs is 1. The third-order valence-corrected chi connectivity index (χ3v) is 13.0. The quantitative estimate of drug-likeness (QED) is 0.0581. The van der Waals surface area contributed by atoms with Crippen molar-refractivity contribution in [2.45, 2.75) is 14.7 Å². The molecule has 6 N–H and O–H groups in total. The van der Waals surface area contributed by atoms with Gasteiger partial charge in [-0.3, -0.25) is 18.2 Å². The Hall–Kier alpha value is -4.80. The van der Waals surface area contributed by atoms with Gasteiger partial charge in [0.25, 0.3) is 20.2 Å². The van der Waals surface area contributed by atoms with Gasteiger partial charge in [-0.05, 0) is 48.5 Å². The highest BCUT2D eigenvalue weighted by molar-refractivity contribution is 7.92. The van der Waals surface area contributed by atoms with Crippen LogP contribution in [0.15, 0.2) is 95.8 Å². The fourth-order valence-electron chi connectivity index (χ4n) is 4.79. The van der Waals surface area contributed by atoms with Crippen LogP contribution in [-0.2, 0) is 69.1 Å². The number of sulfone groups is 2. The van der Waals surface area contributed by atoms with Crippen LogP contribution in [0.4, 0.5) is 28.4 Å². The molecular formula is C28H29N5O20S6. The standard InChI is InChI=1S/C28H29N5O20S6/c1-51-23-9-6-17(54(35,36)12-10-52-58(45,46)47)14-22(23)31-33-27-25(57(42,43)44)15-19-18(28(27)34)7-8-21(29-16-56(39,40)41)26(19)32-30-20-4-2-3-5-24(20)55(37,38)13-11-53-59(48,49)50/h2-9,14-15,29,34H,10-13,16H2,1H3,(H,39,40,41)(H,42,43,44)(H,45,46,47)(H,48,49,50)/b32-30+,33-31+. The molecule has 25 nitrogen and oxygen atoms in total. The molecule has 0 atom stereocenters. The van der Waals surface area contributed by atoms with Crippen molar-refractivity contribution in [1.82, 2.24) is 0 Å². The molecule has 0 saturated carbocycles. The third kappa shape index (κ3) is 12.8. The summed E-state index contributed by atoms with van der Waals surface area (Å²) in [5.41, 5.74) is -2.66. The first kappa shape index (κ1) is 46.9. The molecule has 31 heteroatoms. The van der Waals surface area contributed by atoms with E-state index in [1.54, 1.807) is 0 Å². The van der Waals surface area contributed by atoms with Crippen molar-refractivity contribution in [1.29, 1.82) is 0 Å². The van der Waals surface area contributed by atoms with Crippen LogP contribution in [0.5, 0.6) is 11.5 Å². The lowest BCUT2D eigenvalue weighted by Gasteiger charge is -2.14. The summed E-state index contributed by atoms with van der Waals surface area (Å²) in [6.07, 6.45) is 0. The number of nitrogens with one attached hydrogen (secondary N) is 1. The molecule has 0 aromatic heterocycles. The normalized spacial score (nSPS) is 13.4. The molecule has 0 aliphatic heterocycles. The number of rotatable bonds is 19. The van der Waals surface area contributed by atoms with E-state index < -0.39 is 140 Å². The van der Waals surface area contributed by atoms with Crippen LogP contribution >= 0.6 is 0 Å². The molecule has 0 unspecified atom stereocenters. The lowest BCUT2D eigenvalue weighted by molar-refractivity contribution is 0.282. The number of azo groups is 2. The highest BCUT2D eigenvalue weighted by atomic mass is 32.3. The average molecular weight is 948 g/mol. The predicted molar refractivity (Wildman–Crippen MR) is 202 cm³/mol. The van der Waals surface area contributed by atoms with Crippen molar-refractivity contribution in [3.63, 3.8) is 0 Å². The summed E-state index contributed by atoms with van der Waals surface area (Å²) in [5, 5.41) is 28.3. The van der Waals surface area contributed by atoms with Crippen molar-refractivity contribution >= 4 is 99.9 Å². The third-order valence-electron chi connectivity index (χ3n) is 7.32. The first-order valence-electron chi connectivity index (χ1n) is 15.4. The highest BCUT2D eigenvalue weighted by Crippen LogP contribution is 2.47. The van der Waals surface area contributed by atoms with E-state index in [1.807, 2.05) is 0 Å². The number of hydrogen-bond donors (Lipinski definition) is 6. The second-order valence-corrected chi connectivity index (χ2v) is 20.6. The van der Waals surface area contributed by atoms with E-state index in [2.05, 4.69) is 34.1 Å². The number of aromatic hydroxyl groups is 1. The van der Waals surface area contributed by atoms with Crippen molar-refractivity contribution in [2.75, 3.05) is 43.0 Å².